The van der Waals surface area contributed by atoms with Crippen molar-refractivity contribution in [3.8, 4) is 17.2 Å². The van der Waals surface area contributed by atoms with Crippen molar-refractivity contribution in [2.24, 2.45) is 5.92 Å². The van der Waals surface area contributed by atoms with Gasteiger partial charge in [-0.05, 0) is 54.8 Å². The largest absolute Gasteiger partial charge is 0.490 e. The predicted molar refractivity (Wildman–Crippen MR) is 109 cm³/mol. The molecule has 1 aliphatic rings. The molecule has 28 heavy (non-hydrogen) atoms. The van der Waals surface area contributed by atoms with E-state index >= 15 is 0 Å². The van der Waals surface area contributed by atoms with Crippen molar-refractivity contribution in [3.63, 3.8) is 0 Å². The molecule has 6 heteroatoms. The van der Waals surface area contributed by atoms with Crippen molar-refractivity contribution in [2.45, 2.75) is 39.3 Å². The maximum atomic E-state index is 12.7. The first-order valence-electron chi connectivity index (χ1n) is 9.56. The van der Waals surface area contributed by atoms with Crippen LogP contribution in [0.15, 0.2) is 42.5 Å². The van der Waals surface area contributed by atoms with Gasteiger partial charge < -0.3 is 19.5 Å². The molecule has 0 fully saturated rings. The molecule has 0 aromatic heterocycles. The summed E-state index contributed by atoms with van der Waals surface area (Å²) < 4.78 is 17.2. The molecule has 150 valence electrons. The standard InChI is InChI=1S/C22H26ClNO4/c1-14(2)21(16-5-10-19-20(13-16)27-12-4-11-26-19)24-22(25)15(3)28-18-8-6-17(23)7-9-18/h5-10,13-15,21H,4,11-12H2,1-3H3,(H,24,25). The SMILES string of the molecule is CC(Oc1ccc(Cl)cc1)C(=O)NC(c1ccc2c(c1)OCCCO2)C(C)C. The molecule has 5 nitrogen and oxygen atoms in total. The molecule has 0 saturated heterocycles. The Kier molecular flexibility index (Phi) is 6.68. The quantitative estimate of drug-likeness (QED) is 0.753. The van der Waals surface area contributed by atoms with Gasteiger partial charge in [0.15, 0.2) is 17.6 Å². The maximum Gasteiger partial charge on any atom is 0.261 e. The second-order valence-electron chi connectivity index (χ2n) is 7.20. The van der Waals surface area contributed by atoms with E-state index in [4.69, 9.17) is 25.8 Å². The van der Waals surface area contributed by atoms with Crippen molar-refractivity contribution in [1.29, 1.82) is 0 Å². The van der Waals surface area contributed by atoms with Gasteiger partial charge in [-0.25, -0.2) is 0 Å². The van der Waals surface area contributed by atoms with Crippen LogP contribution in [0, 0.1) is 5.92 Å². The number of carbonyl (C=O) groups is 1. The van der Waals surface area contributed by atoms with Crippen LogP contribution >= 0.6 is 11.6 Å². The highest BCUT2D eigenvalue weighted by molar-refractivity contribution is 6.30. The molecule has 2 aromatic carbocycles. The zero-order chi connectivity index (χ0) is 20.1. The van der Waals surface area contributed by atoms with Crippen molar-refractivity contribution in [1.82, 2.24) is 5.32 Å². The van der Waals surface area contributed by atoms with Gasteiger partial charge in [0.1, 0.15) is 5.75 Å². The highest BCUT2D eigenvalue weighted by Crippen LogP contribution is 2.34. The van der Waals surface area contributed by atoms with Crippen LogP contribution in [0.2, 0.25) is 5.02 Å². The number of amides is 1. The van der Waals surface area contributed by atoms with Crippen LogP contribution in [-0.2, 0) is 4.79 Å². The van der Waals surface area contributed by atoms with Crippen LogP contribution in [0.4, 0.5) is 0 Å². The lowest BCUT2D eigenvalue weighted by Gasteiger charge is -2.25. The lowest BCUT2D eigenvalue weighted by molar-refractivity contribution is -0.128. The second-order valence-corrected chi connectivity index (χ2v) is 7.64. The topological polar surface area (TPSA) is 56.8 Å². The van der Waals surface area contributed by atoms with Crippen LogP contribution in [-0.4, -0.2) is 25.2 Å². The lowest BCUT2D eigenvalue weighted by Crippen LogP contribution is -2.40. The fraction of sp³-hybridized carbons (Fsp3) is 0.409. The highest BCUT2D eigenvalue weighted by atomic mass is 35.5. The molecule has 0 radical (unpaired) electrons. The van der Waals surface area contributed by atoms with Crippen molar-refractivity contribution >= 4 is 17.5 Å². The molecule has 2 atom stereocenters. The van der Waals surface area contributed by atoms with Gasteiger partial charge in [-0.3, -0.25) is 4.79 Å². The first-order valence-corrected chi connectivity index (χ1v) is 9.94. The molecule has 0 bridgehead atoms. The number of halogens is 1. The van der Waals surface area contributed by atoms with Crippen LogP contribution in [0.25, 0.3) is 0 Å². The number of rotatable bonds is 6. The summed E-state index contributed by atoms with van der Waals surface area (Å²) in [6, 6.07) is 12.6. The van der Waals surface area contributed by atoms with Gasteiger partial charge in [-0.1, -0.05) is 31.5 Å². The third kappa shape index (κ3) is 5.10. The molecule has 2 unspecified atom stereocenters. The summed E-state index contributed by atoms with van der Waals surface area (Å²) in [6.07, 6.45) is 0.219. The summed E-state index contributed by atoms with van der Waals surface area (Å²) >= 11 is 5.89. The molecule has 1 heterocycles. The van der Waals surface area contributed by atoms with E-state index in [1.165, 1.54) is 0 Å². The number of fused-ring (bicyclic) bond motifs is 1. The van der Waals surface area contributed by atoms with Gasteiger partial charge in [0.25, 0.3) is 5.91 Å². The Labute approximate surface area is 170 Å². The Hall–Kier alpha value is -2.40. The average molecular weight is 404 g/mol. The number of hydrogen-bond donors (Lipinski definition) is 1. The third-order valence-electron chi connectivity index (χ3n) is 4.59. The van der Waals surface area contributed by atoms with Crippen molar-refractivity contribution in [3.05, 3.63) is 53.1 Å². The van der Waals surface area contributed by atoms with Gasteiger partial charge in [0.05, 0.1) is 19.3 Å². The van der Waals surface area contributed by atoms with E-state index in [1.54, 1.807) is 31.2 Å². The fourth-order valence-electron chi connectivity index (χ4n) is 3.05. The normalized spacial score (nSPS) is 15.5. The molecule has 3 rings (SSSR count). The van der Waals surface area contributed by atoms with Gasteiger partial charge >= 0.3 is 0 Å². The number of benzene rings is 2. The van der Waals surface area contributed by atoms with Gasteiger partial charge in [0.2, 0.25) is 0 Å². The first-order chi connectivity index (χ1) is 13.4. The van der Waals surface area contributed by atoms with E-state index in [2.05, 4.69) is 19.2 Å². The minimum atomic E-state index is -0.636. The van der Waals surface area contributed by atoms with Crippen LogP contribution in [0.3, 0.4) is 0 Å². The summed E-state index contributed by atoms with van der Waals surface area (Å²) in [5.41, 5.74) is 0.978. The van der Waals surface area contributed by atoms with E-state index in [0.29, 0.717) is 24.0 Å². The highest BCUT2D eigenvalue weighted by Gasteiger charge is 2.24. The number of hydrogen-bond acceptors (Lipinski definition) is 4. The van der Waals surface area contributed by atoms with Gasteiger partial charge in [0, 0.05) is 11.4 Å². The maximum absolute atomic E-state index is 12.7. The van der Waals surface area contributed by atoms with E-state index < -0.39 is 6.10 Å². The van der Waals surface area contributed by atoms with E-state index in [9.17, 15) is 4.79 Å². The fourth-order valence-corrected chi connectivity index (χ4v) is 3.18. The summed E-state index contributed by atoms with van der Waals surface area (Å²) in [4.78, 5) is 12.7. The summed E-state index contributed by atoms with van der Waals surface area (Å²) in [7, 11) is 0. The summed E-state index contributed by atoms with van der Waals surface area (Å²) in [5, 5.41) is 3.72. The Morgan fingerprint density at radius 2 is 1.71 bits per heavy atom. The summed E-state index contributed by atoms with van der Waals surface area (Å²) in [6.45, 7) is 7.14. The van der Waals surface area contributed by atoms with Crippen LogP contribution in [0.1, 0.15) is 38.8 Å². The summed E-state index contributed by atoms with van der Waals surface area (Å²) in [5.74, 6) is 2.08. The molecule has 1 amide bonds. The molecule has 0 spiro atoms. The first kappa shape index (κ1) is 20.3. The zero-order valence-electron chi connectivity index (χ0n) is 16.4. The average Bonchev–Trinajstić information content (AvgIpc) is 2.92. The van der Waals surface area contributed by atoms with Crippen molar-refractivity contribution < 1.29 is 19.0 Å². The molecular formula is C22H26ClNO4. The Bertz CT molecular complexity index is 807. The Morgan fingerprint density at radius 3 is 2.39 bits per heavy atom. The van der Waals surface area contributed by atoms with Crippen LogP contribution < -0.4 is 19.5 Å². The Balaban J connectivity index is 1.71. The molecule has 0 aliphatic carbocycles. The zero-order valence-corrected chi connectivity index (χ0v) is 17.2. The van der Waals surface area contributed by atoms with Gasteiger partial charge in [-0.2, -0.15) is 0 Å². The van der Waals surface area contributed by atoms with E-state index in [0.717, 1.165) is 23.5 Å². The van der Waals surface area contributed by atoms with E-state index in [1.807, 2.05) is 18.2 Å². The van der Waals surface area contributed by atoms with E-state index in [-0.39, 0.29) is 17.9 Å². The monoisotopic (exact) mass is 403 g/mol. The minimum absolute atomic E-state index is 0.166. The van der Waals surface area contributed by atoms with Crippen LogP contribution in [0.5, 0.6) is 17.2 Å². The van der Waals surface area contributed by atoms with Crippen molar-refractivity contribution in [2.75, 3.05) is 13.2 Å². The molecule has 1 aliphatic heterocycles. The predicted octanol–water partition coefficient (Wildman–Crippen LogP) is 4.78. The molecular weight excluding hydrogens is 378 g/mol. The second kappa shape index (κ2) is 9.20. The third-order valence-corrected chi connectivity index (χ3v) is 4.84. The molecule has 0 saturated carbocycles. The number of carbonyl (C=O) groups excluding carboxylic acids is 1. The lowest BCUT2D eigenvalue weighted by atomic mass is 9.95. The van der Waals surface area contributed by atoms with Gasteiger partial charge in [-0.15, -0.1) is 0 Å². The Morgan fingerprint density at radius 1 is 1.04 bits per heavy atom. The molecule has 2 aromatic rings. The number of nitrogens with one attached hydrogen (secondary N) is 1. The number of ether oxygens (including phenoxy) is 3. The molecule has 1 N–H and O–H groups in total. The minimum Gasteiger partial charge on any atom is -0.490 e. The smallest absolute Gasteiger partial charge is 0.261 e.